The molecule has 1 atom stereocenters. The van der Waals surface area contributed by atoms with Gasteiger partial charge in [0.25, 0.3) is 6.04 Å². The molecule has 1 unspecified atom stereocenters. The van der Waals surface area contributed by atoms with E-state index >= 15 is 0 Å². The number of esters is 1. The van der Waals surface area contributed by atoms with Crippen molar-refractivity contribution in [3.8, 4) is 6.07 Å². The highest BCUT2D eigenvalue weighted by molar-refractivity contribution is 5.78. The van der Waals surface area contributed by atoms with Crippen molar-refractivity contribution in [3.63, 3.8) is 0 Å². The first-order valence-corrected chi connectivity index (χ1v) is 4.24. The minimum absolute atomic E-state index is 0.202. The van der Waals surface area contributed by atoms with Gasteiger partial charge < -0.3 is 9.72 Å². The van der Waals surface area contributed by atoms with E-state index in [2.05, 4.69) is 24.9 Å². The number of aromatic amines is 1. The van der Waals surface area contributed by atoms with Gasteiger partial charge in [0.2, 0.25) is 5.95 Å². The fourth-order valence-corrected chi connectivity index (χ4v) is 0.771. The summed E-state index contributed by atoms with van der Waals surface area (Å²) in [7, 11) is 0. The number of nitriles is 1. The van der Waals surface area contributed by atoms with Crippen LogP contribution in [0.3, 0.4) is 0 Å². The number of hydrogen-bond donors (Lipinski definition) is 1. The third kappa shape index (κ3) is 3.19. The number of carbonyl (C=O) groups is 1. The molecule has 1 rings (SSSR count). The number of aromatic nitrogens is 2. The zero-order valence-corrected chi connectivity index (χ0v) is 8.04. The smallest absolute Gasteiger partial charge is 0.347 e. The summed E-state index contributed by atoms with van der Waals surface area (Å²) in [4.78, 5) is 17.5. The molecule has 0 spiro atoms. The minimum Gasteiger partial charge on any atom is -0.464 e. The van der Waals surface area contributed by atoms with Gasteiger partial charge >= 0.3 is 5.97 Å². The Morgan fingerprint density at radius 1 is 1.87 bits per heavy atom. The lowest BCUT2D eigenvalue weighted by molar-refractivity contribution is -0.143. The lowest BCUT2D eigenvalue weighted by atomic mass is 10.4. The van der Waals surface area contributed by atoms with Gasteiger partial charge in [-0.1, -0.05) is 0 Å². The zero-order valence-electron chi connectivity index (χ0n) is 8.04. The second kappa shape index (κ2) is 5.49. The first-order valence-electron chi connectivity index (χ1n) is 4.24. The molecule has 0 amide bonds. The summed E-state index contributed by atoms with van der Waals surface area (Å²) in [5.74, 6) is -0.477. The molecular weight excluding hydrogens is 198 g/mol. The van der Waals surface area contributed by atoms with Gasteiger partial charge in [-0.2, -0.15) is 10.4 Å². The minimum atomic E-state index is -1.24. The molecule has 0 bridgehead atoms. The number of H-pyrrole nitrogens is 1. The van der Waals surface area contributed by atoms with Crippen molar-refractivity contribution in [2.75, 3.05) is 6.61 Å². The van der Waals surface area contributed by atoms with Crippen LogP contribution in [0.25, 0.3) is 0 Å². The van der Waals surface area contributed by atoms with E-state index in [-0.39, 0.29) is 12.6 Å². The predicted octanol–water partition coefficient (Wildman–Crippen LogP) is 0.949. The molecule has 7 heteroatoms. The quantitative estimate of drug-likeness (QED) is 0.586. The first kappa shape index (κ1) is 10.8. The lowest BCUT2D eigenvalue weighted by Crippen LogP contribution is -2.19. The maximum absolute atomic E-state index is 11.1. The van der Waals surface area contributed by atoms with Crippen LogP contribution in [-0.4, -0.2) is 28.6 Å². The van der Waals surface area contributed by atoms with Crippen molar-refractivity contribution >= 4 is 11.9 Å². The van der Waals surface area contributed by atoms with Gasteiger partial charge in [0.15, 0.2) is 0 Å². The summed E-state index contributed by atoms with van der Waals surface area (Å²) in [5, 5.41) is 15.7. The number of rotatable bonds is 4. The van der Waals surface area contributed by atoms with Gasteiger partial charge in [-0.05, 0) is 6.92 Å². The van der Waals surface area contributed by atoms with E-state index < -0.39 is 12.0 Å². The maximum Gasteiger partial charge on any atom is 0.347 e. The molecule has 0 saturated heterocycles. The number of nitrogens with one attached hydrogen (secondary N) is 1. The second-order valence-electron chi connectivity index (χ2n) is 2.41. The van der Waals surface area contributed by atoms with Gasteiger partial charge in [0.05, 0.1) is 6.61 Å². The Balaban J connectivity index is 2.62. The summed E-state index contributed by atoms with van der Waals surface area (Å²) in [6.07, 6.45) is 3.04. The van der Waals surface area contributed by atoms with Gasteiger partial charge in [0.1, 0.15) is 6.07 Å². The Morgan fingerprint density at radius 3 is 3.20 bits per heavy atom. The molecule has 1 N–H and O–H groups in total. The van der Waals surface area contributed by atoms with E-state index in [1.807, 2.05) is 0 Å². The van der Waals surface area contributed by atoms with Gasteiger partial charge in [-0.15, -0.1) is 5.11 Å². The van der Waals surface area contributed by atoms with Crippen LogP contribution in [0.1, 0.15) is 6.92 Å². The third-order valence-corrected chi connectivity index (χ3v) is 1.38. The number of imidazole rings is 1. The molecule has 0 aromatic carbocycles. The Kier molecular flexibility index (Phi) is 3.97. The largest absolute Gasteiger partial charge is 0.464 e. The summed E-state index contributed by atoms with van der Waals surface area (Å²) < 4.78 is 4.62. The second-order valence-corrected chi connectivity index (χ2v) is 2.41. The van der Waals surface area contributed by atoms with Gasteiger partial charge in [0, 0.05) is 12.4 Å². The van der Waals surface area contributed by atoms with Gasteiger partial charge in [-0.25, -0.2) is 9.78 Å². The van der Waals surface area contributed by atoms with Crippen LogP contribution >= 0.6 is 0 Å². The Labute approximate surface area is 85.8 Å². The maximum atomic E-state index is 11.1. The van der Waals surface area contributed by atoms with Crippen molar-refractivity contribution in [3.05, 3.63) is 12.4 Å². The van der Waals surface area contributed by atoms with Crippen molar-refractivity contribution in [2.24, 2.45) is 10.2 Å². The van der Waals surface area contributed by atoms with Gasteiger partial charge in [-0.3, -0.25) is 0 Å². The lowest BCUT2D eigenvalue weighted by Gasteiger charge is -2.00. The van der Waals surface area contributed by atoms with E-state index in [4.69, 9.17) is 5.26 Å². The van der Waals surface area contributed by atoms with Crippen LogP contribution in [0.15, 0.2) is 22.6 Å². The van der Waals surface area contributed by atoms with Crippen LogP contribution in [-0.2, 0) is 9.53 Å². The van der Waals surface area contributed by atoms with E-state index in [9.17, 15) is 4.79 Å². The molecule has 0 fully saturated rings. The summed E-state index contributed by atoms with van der Waals surface area (Å²) >= 11 is 0. The number of ether oxygens (including phenoxy) is 1. The molecule has 15 heavy (non-hydrogen) atoms. The average Bonchev–Trinajstić information content (AvgIpc) is 2.72. The fourth-order valence-electron chi connectivity index (χ4n) is 0.771. The molecule has 1 heterocycles. The predicted molar refractivity (Wildman–Crippen MR) is 49.1 cm³/mol. The van der Waals surface area contributed by atoms with Crippen LogP contribution in [0.5, 0.6) is 0 Å². The van der Waals surface area contributed by atoms with Crippen LogP contribution in [0.4, 0.5) is 5.95 Å². The molecule has 78 valence electrons. The van der Waals surface area contributed by atoms with Crippen molar-refractivity contribution < 1.29 is 9.53 Å². The molecule has 0 aliphatic carbocycles. The average molecular weight is 207 g/mol. The van der Waals surface area contributed by atoms with Crippen LogP contribution in [0, 0.1) is 11.3 Å². The molecule has 7 nitrogen and oxygen atoms in total. The van der Waals surface area contributed by atoms with E-state index in [1.165, 1.54) is 6.20 Å². The number of carbonyl (C=O) groups excluding carboxylic acids is 1. The van der Waals surface area contributed by atoms with Crippen molar-refractivity contribution in [1.29, 1.82) is 5.26 Å². The molecular formula is C8H9N5O2. The fraction of sp³-hybridized carbons (Fsp3) is 0.375. The third-order valence-electron chi connectivity index (χ3n) is 1.38. The Hall–Kier alpha value is -2.23. The topological polar surface area (TPSA) is 103 Å². The molecule has 0 radical (unpaired) electrons. The summed E-state index contributed by atoms with van der Waals surface area (Å²) in [6, 6.07) is 0.432. The highest BCUT2D eigenvalue weighted by atomic mass is 16.5. The van der Waals surface area contributed by atoms with E-state index in [0.29, 0.717) is 0 Å². The molecule has 1 aromatic rings. The monoisotopic (exact) mass is 207 g/mol. The molecule has 0 aliphatic heterocycles. The van der Waals surface area contributed by atoms with E-state index in [0.717, 1.165) is 0 Å². The standard InChI is InChI=1S/C8H9N5O2/c1-2-15-7(14)6(5-9)12-13-8-10-3-4-11-8/h3-4,6H,2H2,1H3,(H,10,11). The Bertz CT molecular complexity index is 378. The number of hydrogen-bond acceptors (Lipinski definition) is 6. The van der Waals surface area contributed by atoms with Crippen molar-refractivity contribution in [1.82, 2.24) is 9.97 Å². The van der Waals surface area contributed by atoms with E-state index in [1.54, 1.807) is 19.2 Å². The molecule has 0 saturated carbocycles. The highest BCUT2D eigenvalue weighted by Crippen LogP contribution is 2.04. The summed E-state index contributed by atoms with van der Waals surface area (Å²) in [6.45, 7) is 1.85. The normalized spacial score (nSPS) is 12.3. The highest BCUT2D eigenvalue weighted by Gasteiger charge is 2.17. The summed E-state index contributed by atoms with van der Waals surface area (Å²) in [5.41, 5.74) is 0. The first-order chi connectivity index (χ1) is 7.27. The SMILES string of the molecule is CCOC(=O)C(C#N)N=Nc1ncc[nH]1. The van der Waals surface area contributed by atoms with Crippen LogP contribution in [0.2, 0.25) is 0 Å². The number of azo groups is 1. The molecule has 1 aromatic heterocycles. The zero-order chi connectivity index (χ0) is 11.1. The van der Waals surface area contributed by atoms with Crippen LogP contribution < -0.4 is 0 Å². The Morgan fingerprint density at radius 2 is 2.67 bits per heavy atom. The molecule has 0 aliphatic rings. The van der Waals surface area contributed by atoms with Crippen molar-refractivity contribution in [2.45, 2.75) is 13.0 Å². The number of nitrogens with zero attached hydrogens (tertiary/aromatic N) is 4.